The summed E-state index contributed by atoms with van der Waals surface area (Å²) in [5.41, 5.74) is 4.91. The summed E-state index contributed by atoms with van der Waals surface area (Å²) in [6.07, 6.45) is 5.66. The third kappa shape index (κ3) is 7.18. The lowest BCUT2D eigenvalue weighted by atomic mass is 9.92. The smallest absolute Gasteiger partial charge is 0.262 e. The number of ether oxygens (including phenoxy) is 1. The molecule has 1 aliphatic carbocycles. The zero-order chi connectivity index (χ0) is 37.5. The van der Waals surface area contributed by atoms with Crippen LogP contribution in [0.4, 0.5) is 11.4 Å². The highest BCUT2D eigenvalue weighted by atomic mass is 35.5. The number of nitrogens with one attached hydrogen (secondary N) is 2. The van der Waals surface area contributed by atoms with Crippen LogP contribution in [0.15, 0.2) is 54.6 Å². The molecule has 0 radical (unpaired) electrons. The summed E-state index contributed by atoms with van der Waals surface area (Å²) in [6.45, 7) is 11.3. The van der Waals surface area contributed by atoms with Gasteiger partial charge in [0.05, 0.1) is 28.8 Å². The van der Waals surface area contributed by atoms with Gasteiger partial charge in [-0.15, -0.1) is 0 Å². The first-order chi connectivity index (χ1) is 26.1. The van der Waals surface area contributed by atoms with E-state index < -0.39 is 23.8 Å². The SMILES string of the molecule is [C-]#[N+]c1ccc(OC2CCC(NC(=O)c3ccc(N4CCC(CN5Cc6cc7c(cc6C5)C(=O)N(C5CCC(=O)NC5=O)C7=O)CC4)cc3)CC2)cc1Cl. The van der Waals surface area contributed by atoms with Crippen LogP contribution in [0.2, 0.25) is 5.02 Å². The molecule has 4 aliphatic heterocycles. The van der Waals surface area contributed by atoms with Crippen LogP contribution in [0.5, 0.6) is 5.75 Å². The minimum Gasteiger partial charge on any atom is -0.490 e. The molecule has 1 unspecified atom stereocenters. The molecule has 278 valence electrons. The molecule has 3 aromatic rings. The Labute approximate surface area is 318 Å². The third-order valence-corrected chi connectivity index (χ3v) is 11.8. The maximum atomic E-state index is 13.3. The third-order valence-electron chi connectivity index (χ3n) is 11.5. The lowest BCUT2D eigenvalue weighted by Crippen LogP contribution is -2.54. The Hall–Kier alpha value is -5.25. The van der Waals surface area contributed by atoms with Crippen molar-refractivity contribution in [2.45, 2.75) is 82.6 Å². The van der Waals surface area contributed by atoms with E-state index in [1.807, 2.05) is 36.4 Å². The molecule has 12 nitrogen and oxygen atoms in total. The molecule has 5 amide bonds. The minimum absolute atomic E-state index is 0.0458. The van der Waals surface area contributed by atoms with Gasteiger partial charge in [0.1, 0.15) is 11.8 Å². The van der Waals surface area contributed by atoms with Gasteiger partial charge in [0.2, 0.25) is 17.5 Å². The number of rotatable bonds is 8. The Kier molecular flexibility index (Phi) is 9.85. The number of fused-ring (bicyclic) bond motifs is 2. The van der Waals surface area contributed by atoms with Crippen molar-refractivity contribution in [3.63, 3.8) is 0 Å². The van der Waals surface area contributed by atoms with Crippen molar-refractivity contribution in [3.8, 4) is 5.75 Å². The fourth-order valence-corrected chi connectivity index (χ4v) is 8.78. The van der Waals surface area contributed by atoms with E-state index in [0.29, 0.717) is 52.2 Å². The van der Waals surface area contributed by atoms with E-state index in [-0.39, 0.29) is 36.8 Å². The Morgan fingerprint density at radius 1 is 0.870 bits per heavy atom. The highest BCUT2D eigenvalue weighted by molar-refractivity contribution is 6.33. The normalized spacial score (nSPS) is 23.1. The molecule has 0 spiro atoms. The lowest BCUT2D eigenvalue weighted by Gasteiger charge is -2.35. The number of benzene rings is 3. The van der Waals surface area contributed by atoms with E-state index in [4.69, 9.17) is 22.9 Å². The molecule has 1 saturated carbocycles. The predicted octanol–water partition coefficient (Wildman–Crippen LogP) is 5.64. The zero-order valence-corrected chi connectivity index (χ0v) is 30.6. The zero-order valence-electron chi connectivity index (χ0n) is 29.8. The van der Waals surface area contributed by atoms with Gasteiger partial charge in [0.25, 0.3) is 17.7 Å². The molecule has 3 aromatic carbocycles. The second-order valence-corrected chi connectivity index (χ2v) is 15.5. The summed E-state index contributed by atoms with van der Waals surface area (Å²) in [7, 11) is 0. The number of nitrogens with zero attached hydrogens (tertiary/aromatic N) is 4. The molecular weight excluding hydrogens is 708 g/mol. The van der Waals surface area contributed by atoms with Gasteiger partial charge in [0.15, 0.2) is 0 Å². The second kappa shape index (κ2) is 14.9. The Morgan fingerprint density at radius 3 is 2.15 bits per heavy atom. The second-order valence-electron chi connectivity index (χ2n) is 15.1. The van der Waals surface area contributed by atoms with Crippen molar-refractivity contribution >= 4 is 52.5 Å². The van der Waals surface area contributed by atoms with E-state index in [2.05, 4.69) is 25.3 Å². The van der Waals surface area contributed by atoms with E-state index in [1.165, 1.54) is 0 Å². The number of imide groups is 2. The minimum atomic E-state index is -0.961. The highest BCUT2D eigenvalue weighted by Gasteiger charge is 2.45. The van der Waals surface area contributed by atoms with Crippen molar-refractivity contribution in [1.29, 1.82) is 0 Å². The van der Waals surface area contributed by atoms with Crippen molar-refractivity contribution < 1.29 is 28.7 Å². The standard InChI is InChI=1S/C41H41ClN6O6/c1-43-35-11-10-31(20-34(35)42)54-30-8-4-28(5-9-30)44-38(50)25-2-6-29(7-3-25)47-16-14-24(15-17-47)21-46-22-26-18-32-33(19-27(26)23-46)41(53)48(40(32)52)36-12-13-37(49)45-39(36)51/h2-3,6-7,10-11,18-20,24,28,30,36H,4-5,8-9,12-17,21-23H2,(H,44,50)(H,45,49,51). The number of piperidine rings is 2. The number of anilines is 1. The van der Waals surface area contributed by atoms with Crippen LogP contribution in [-0.2, 0) is 22.7 Å². The Morgan fingerprint density at radius 2 is 1.54 bits per heavy atom. The van der Waals surface area contributed by atoms with E-state index >= 15 is 0 Å². The number of amides is 5. The number of hydrogen-bond acceptors (Lipinski definition) is 8. The van der Waals surface area contributed by atoms with Crippen molar-refractivity contribution in [1.82, 2.24) is 20.4 Å². The van der Waals surface area contributed by atoms with Gasteiger partial charge in [0, 0.05) is 56.4 Å². The first-order valence-electron chi connectivity index (χ1n) is 18.7. The van der Waals surface area contributed by atoms with Crippen LogP contribution in [0.25, 0.3) is 4.85 Å². The lowest BCUT2D eigenvalue weighted by molar-refractivity contribution is -0.136. The van der Waals surface area contributed by atoms with Crippen LogP contribution in [0, 0.1) is 12.5 Å². The molecule has 54 heavy (non-hydrogen) atoms. The molecule has 2 N–H and O–H groups in total. The number of carbonyl (C=O) groups is 5. The molecule has 3 fully saturated rings. The molecule has 5 aliphatic rings. The summed E-state index contributed by atoms with van der Waals surface area (Å²) in [5.74, 6) is -0.814. The predicted molar refractivity (Wildman–Crippen MR) is 200 cm³/mol. The molecule has 13 heteroatoms. The van der Waals surface area contributed by atoms with Gasteiger partial charge in [-0.2, -0.15) is 0 Å². The summed E-state index contributed by atoms with van der Waals surface area (Å²) in [4.78, 5) is 72.8. The Bertz CT molecular complexity index is 2020. The average Bonchev–Trinajstić information content (AvgIpc) is 3.67. The number of carbonyl (C=O) groups excluding carboxylic acids is 5. The maximum Gasteiger partial charge on any atom is 0.262 e. The van der Waals surface area contributed by atoms with Crippen LogP contribution >= 0.6 is 11.6 Å². The van der Waals surface area contributed by atoms with Crippen molar-refractivity contribution in [2.24, 2.45) is 5.92 Å². The van der Waals surface area contributed by atoms with Crippen LogP contribution in [-0.4, -0.2) is 77.2 Å². The van der Waals surface area contributed by atoms with E-state index in [9.17, 15) is 24.0 Å². The van der Waals surface area contributed by atoms with Gasteiger partial charge < -0.3 is 15.0 Å². The summed E-state index contributed by atoms with van der Waals surface area (Å²) in [6, 6.07) is 15.8. The molecule has 8 rings (SSSR count). The van der Waals surface area contributed by atoms with E-state index in [0.717, 1.165) is 79.9 Å². The molecular formula is C41H41ClN6O6. The quantitative estimate of drug-likeness (QED) is 0.224. The van der Waals surface area contributed by atoms with Gasteiger partial charge in [-0.25, -0.2) is 4.85 Å². The van der Waals surface area contributed by atoms with Crippen LogP contribution in [0.1, 0.15) is 93.6 Å². The first kappa shape index (κ1) is 35.8. The Balaban J connectivity index is 0.780. The van der Waals surface area contributed by atoms with Crippen molar-refractivity contribution in [3.05, 3.63) is 98.9 Å². The molecule has 0 bridgehead atoms. The van der Waals surface area contributed by atoms with Gasteiger partial charge in [-0.3, -0.25) is 39.1 Å². The first-order valence-corrected chi connectivity index (χ1v) is 19.1. The van der Waals surface area contributed by atoms with Gasteiger partial charge >= 0.3 is 0 Å². The summed E-state index contributed by atoms with van der Waals surface area (Å²) < 4.78 is 6.10. The molecule has 2 saturated heterocycles. The van der Waals surface area contributed by atoms with E-state index in [1.54, 1.807) is 18.2 Å². The summed E-state index contributed by atoms with van der Waals surface area (Å²) >= 11 is 6.16. The van der Waals surface area contributed by atoms with Gasteiger partial charge in [-0.1, -0.05) is 17.7 Å². The largest absolute Gasteiger partial charge is 0.490 e. The average molecular weight is 749 g/mol. The fourth-order valence-electron chi connectivity index (χ4n) is 8.57. The topological polar surface area (TPSA) is 133 Å². The van der Waals surface area contributed by atoms with Crippen LogP contribution < -0.4 is 20.3 Å². The fraction of sp³-hybridized carbons (Fsp3) is 0.415. The monoisotopic (exact) mass is 748 g/mol. The molecule has 4 heterocycles. The maximum absolute atomic E-state index is 13.3. The molecule has 1 atom stereocenters. The van der Waals surface area contributed by atoms with Gasteiger partial charge in [-0.05, 0) is 111 Å². The molecule has 0 aromatic heterocycles. The highest BCUT2D eigenvalue weighted by Crippen LogP contribution is 2.35. The number of halogens is 1. The van der Waals surface area contributed by atoms with Crippen LogP contribution in [0.3, 0.4) is 0 Å². The number of hydrogen-bond donors (Lipinski definition) is 2. The summed E-state index contributed by atoms with van der Waals surface area (Å²) in [5, 5.41) is 5.83. The van der Waals surface area contributed by atoms with Crippen molar-refractivity contribution in [2.75, 3.05) is 24.5 Å².